The third-order valence-corrected chi connectivity index (χ3v) is 2.84. The first-order valence-electron chi connectivity index (χ1n) is 5.85. The number of aliphatic hydroxyl groups is 1. The molecule has 1 aliphatic rings. The second-order valence-electron chi connectivity index (χ2n) is 4.32. The van der Waals surface area contributed by atoms with Gasteiger partial charge in [-0.2, -0.15) is 0 Å². The van der Waals surface area contributed by atoms with Crippen molar-refractivity contribution >= 4 is 5.69 Å². The molecule has 0 aliphatic carbocycles. The van der Waals surface area contributed by atoms with E-state index in [-0.39, 0.29) is 6.10 Å². The molecule has 1 aliphatic heterocycles. The Morgan fingerprint density at radius 1 is 1.25 bits per heavy atom. The van der Waals surface area contributed by atoms with E-state index in [1.54, 1.807) is 0 Å². The van der Waals surface area contributed by atoms with Gasteiger partial charge in [-0.3, -0.25) is 0 Å². The van der Waals surface area contributed by atoms with Crippen molar-refractivity contribution in [2.75, 3.05) is 31.2 Å². The van der Waals surface area contributed by atoms with Crippen molar-refractivity contribution < 1.29 is 9.84 Å². The maximum absolute atomic E-state index is 9.30. The summed E-state index contributed by atoms with van der Waals surface area (Å²) in [4.78, 5) is 2.33. The van der Waals surface area contributed by atoms with Crippen molar-refractivity contribution in [2.24, 2.45) is 0 Å². The van der Waals surface area contributed by atoms with Gasteiger partial charge in [0.25, 0.3) is 0 Å². The highest BCUT2D eigenvalue weighted by molar-refractivity contribution is 5.47. The highest BCUT2D eigenvalue weighted by Crippen LogP contribution is 2.17. The summed E-state index contributed by atoms with van der Waals surface area (Å²) < 4.78 is 5.32. The number of benzene rings is 1. The number of hydrogen-bond acceptors (Lipinski definition) is 3. The second-order valence-corrected chi connectivity index (χ2v) is 4.32. The van der Waals surface area contributed by atoms with Crippen molar-refractivity contribution in [1.82, 2.24) is 0 Å². The summed E-state index contributed by atoms with van der Waals surface area (Å²) in [5, 5.41) is 9.30. The number of morpholine rings is 1. The van der Waals surface area contributed by atoms with Crippen molar-refractivity contribution in [2.45, 2.75) is 19.4 Å². The molecular weight excluding hydrogens is 202 g/mol. The maximum Gasteiger partial charge on any atom is 0.0642 e. The van der Waals surface area contributed by atoms with E-state index >= 15 is 0 Å². The topological polar surface area (TPSA) is 32.7 Å². The zero-order chi connectivity index (χ0) is 11.4. The van der Waals surface area contributed by atoms with Crippen molar-refractivity contribution in [1.29, 1.82) is 0 Å². The predicted molar refractivity (Wildman–Crippen MR) is 64.9 cm³/mol. The Balaban J connectivity index is 2.00. The minimum atomic E-state index is -0.269. The molecule has 0 bridgehead atoms. The van der Waals surface area contributed by atoms with Gasteiger partial charge in [0.05, 0.1) is 19.3 Å². The van der Waals surface area contributed by atoms with Crippen LogP contribution in [0.4, 0.5) is 5.69 Å². The van der Waals surface area contributed by atoms with Gasteiger partial charge < -0.3 is 14.7 Å². The van der Waals surface area contributed by atoms with E-state index in [0.29, 0.717) is 0 Å². The summed E-state index contributed by atoms with van der Waals surface area (Å²) in [7, 11) is 0. The number of hydrogen-bond donors (Lipinski definition) is 1. The van der Waals surface area contributed by atoms with Gasteiger partial charge in [0.1, 0.15) is 0 Å². The Morgan fingerprint density at radius 3 is 2.44 bits per heavy atom. The van der Waals surface area contributed by atoms with Crippen molar-refractivity contribution in [3.05, 3.63) is 29.8 Å². The molecule has 1 atom stereocenters. The molecule has 0 spiro atoms. The molecule has 1 N–H and O–H groups in total. The summed E-state index contributed by atoms with van der Waals surface area (Å²) in [5.41, 5.74) is 2.43. The third kappa shape index (κ3) is 2.97. The highest BCUT2D eigenvalue weighted by Gasteiger charge is 2.10. The molecule has 3 heteroatoms. The first-order valence-corrected chi connectivity index (χ1v) is 5.85. The molecular formula is C13H19NO2. The molecule has 1 aromatic carbocycles. The van der Waals surface area contributed by atoms with E-state index in [4.69, 9.17) is 4.74 Å². The molecule has 88 valence electrons. The minimum absolute atomic E-state index is 0.269. The van der Waals surface area contributed by atoms with Gasteiger partial charge in [0.2, 0.25) is 0 Å². The van der Waals surface area contributed by atoms with Crippen LogP contribution in [0.2, 0.25) is 0 Å². The molecule has 16 heavy (non-hydrogen) atoms. The van der Waals surface area contributed by atoms with E-state index in [1.165, 1.54) is 11.3 Å². The fourth-order valence-electron chi connectivity index (χ4n) is 2.01. The largest absolute Gasteiger partial charge is 0.393 e. The standard InChI is InChI=1S/C13H19NO2/c1-11(15)10-12-2-4-13(5-3-12)14-6-8-16-9-7-14/h2-5,11,15H,6-10H2,1H3. The quantitative estimate of drug-likeness (QED) is 0.838. The van der Waals surface area contributed by atoms with Crippen LogP contribution in [-0.2, 0) is 11.2 Å². The van der Waals surface area contributed by atoms with Crippen LogP contribution in [0.15, 0.2) is 24.3 Å². The van der Waals surface area contributed by atoms with Crippen LogP contribution in [0.5, 0.6) is 0 Å². The van der Waals surface area contributed by atoms with Crippen LogP contribution in [0.1, 0.15) is 12.5 Å². The predicted octanol–water partition coefficient (Wildman–Crippen LogP) is 1.45. The van der Waals surface area contributed by atoms with E-state index in [0.717, 1.165) is 32.7 Å². The number of anilines is 1. The SMILES string of the molecule is CC(O)Cc1ccc(N2CCOCC2)cc1. The van der Waals surface area contributed by atoms with Crippen molar-refractivity contribution in [3.63, 3.8) is 0 Å². The van der Waals surface area contributed by atoms with Gasteiger partial charge in [0, 0.05) is 18.8 Å². The fourth-order valence-corrected chi connectivity index (χ4v) is 2.01. The van der Waals surface area contributed by atoms with Crippen LogP contribution in [-0.4, -0.2) is 37.5 Å². The van der Waals surface area contributed by atoms with Gasteiger partial charge in [-0.1, -0.05) is 12.1 Å². The molecule has 1 fully saturated rings. The second kappa shape index (κ2) is 5.32. The molecule has 0 amide bonds. The first-order chi connectivity index (χ1) is 7.75. The Hall–Kier alpha value is -1.06. The summed E-state index contributed by atoms with van der Waals surface area (Å²) in [6.45, 7) is 5.38. The van der Waals surface area contributed by atoms with Crippen LogP contribution >= 0.6 is 0 Å². The summed E-state index contributed by atoms with van der Waals surface area (Å²) in [5.74, 6) is 0. The zero-order valence-electron chi connectivity index (χ0n) is 9.72. The van der Waals surface area contributed by atoms with E-state index in [2.05, 4.69) is 29.2 Å². The van der Waals surface area contributed by atoms with Crippen LogP contribution < -0.4 is 4.90 Å². The number of ether oxygens (including phenoxy) is 1. The summed E-state index contributed by atoms with van der Waals surface area (Å²) >= 11 is 0. The lowest BCUT2D eigenvalue weighted by Crippen LogP contribution is -2.36. The Labute approximate surface area is 96.6 Å². The van der Waals surface area contributed by atoms with Crippen LogP contribution in [0.25, 0.3) is 0 Å². The highest BCUT2D eigenvalue weighted by atomic mass is 16.5. The monoisotopic (exact) mass is 221 g/mol. The van der Waals surface area contributed by atoms with Gasteiger partial charge in [-0.05, 0) is 31.0 Å². The van der Waals surface area contributed by atoms with E-state index in [9.17, 15) is 5.11 Å². The molecule has 0 saturated carbocycles. The first kappa shape index (κ1) is 11.4. The Morgan fingerprint density at radius 2 is 1.88 bits per heavy atom. The lowest BCUT2D eigenvalue weighted by Gasteiger charge is -2.29. The molecule has 2 rings (SSSR count). The normalized spacial score (nSPS) is 18.5. The van der Waals surface area contributed by atoms with Gasteiger partial charge in [-0.15, -0.1) is 0 Å². The smallest absolute Gasteiger partial charge is 0.0642 e. The lowest BCUT2D eigenvalue weighted by atomic mass is 10.1. The van der Waals surface area contributed by atoms with Crippen LogP contribution in [0, 0.1) is 0 Å². The minimum Gasteiger partial charge on any atom is -0.393 e. The Kier molecular flexibility index (Phi) is 3.80. The molecule has 0 aromatic heterocycles. The van der Waals surface area contributed by atoms with Gasteiger partial charge in [0.15, 0.2) is 0 Å². The molecule has 1 aromatic rings. The average molecular weight is 221 g/mol. The summed E-state index contributed by atoms with van der Waals surface area (Å²) in [6, 6.07) is 8.45. The van der Waals surface area contributed by atoms with Crippen LogP contribution in [0.3, 0.4) is 0 Å². The molecule has 1 unspecified atom stereocenters. The third-order valence-electron chi connectivity index (χ3n) is 2.84. The van der Waals surface area contributed by atoms with Gasteiger partial charge >= 0.3 is 0 Å². The average Bonchev–Trinajstić information content (AvgIpc) is 2.30. The number of rotatable bonds is 3. The Bertz CT molecular complexity index is 315. The maximum atomic E-state index is 9.30. The molecule has 1 heterocycles. The van der Waals surface area contributed by atoms with Gasteiger partial charge in [-0.25, -0.2) is 0 Å². The lowest BCUT2D eigenvalue weighted by molar-refractivity contribution is 0.122. The van der Waals surface area contributed by atoms with E-state index in [1.807, 2.05) is 6.92 Å². The summed E-state index contributed by atoms with van der Waals surface area (Å²) in [6.07, 6.45) is 0.456. The van der Waals surface area contributed by atoms with E-state index < -0.39 is 0 Å². The number of aliphatic hydroxyl groups excluding tert-OH is 1. The molecule has 1 saturated heterocycles. The fraction of sp³-hybridized carbons (Fsp3) is 0.538. The number of nitrogens with zero attached hydrogens (tertiary/aromatic N) is 1. The zero-order valence-corrected chi connectivity index (χ0v) is 9.72. The molecule has 0 radical (unpaired) electrons. The molecule has 3 nitrogen and oxygen atoms in total. The van der Waals surface area contributed by atoms with Crippen molar-refractivity contribution in [3.8, 4) is 0 Å².